The fraction of sp³-hybridized carbons (Fsp3) is 0.714. The molecular formula is C14H25N3O3. The van der Waals surface area contributed by atoms with Crippen LogP contribution in [-0.4, -0.2) is 29.4 Å². The first-order chi connectivity index (χ1) is 9.39. The summed E-state index contributed by atoms with van der Waals surface area (Å²) in [5.41, 5.74) is 1.30. The van der Waals surface area contributed by atoms with Crippen molar-refractivity contribution >= 4 is 11.7 Å². The van der Waals surface area contributed by atoms with Crippen LogP contribution in [0.4, 0.5) is 10.5 Å². The minimum atomic E-state index is -0.257. The molecule has 0 spiro atoms. The Kier molecular flexibility index (Phi) is 6.01. The molecule has 2 amide bonds. The SMILES string of the molecule is CCc1noc(C)c1NC(=O)NCCCC(C)(C)CO. The van der Waals surface area contributed by atoms with Gasteiger partial charge in [-0.15, -0.1) is 0 Å². The number of anilines is 1. The van der Waals surface area contributed by atoms with E-state index in [4.69, 9.17) is 9.63 Å². The van der Waals surface area contributed by atoms with Crippen LogP contribution in [0.15, 0.2) is 4.52 Å². The molecular weight excluding hydrogens is 258 g/mol. The number of nitrogens with zero attached hydrogens (tertiary/aromatic N) is 1. The first-order valence-corrected chi connectivity index (χ1v) is 7.00. The predicted octanol–water partition coefficient (Wildman–Crippen LogP) is 2.47. The van der Waals surface area contributed by atoms with E-state index in [0.717, 1.165) is 18.5 Å². The zero-order valence-electron chi connectivity index (χ0n) is 12.7. The summed E-state index contributed by atoms with van der Waals surface area (Å²) in [6, 6.07) is -0.257. The highest BCUT2D eigenvalue weighted by Gasteiger charge is 2.16. The van der Waals surface area contributed by atoms with Gasteiger partial charge in [-0.25, -0.2) is 4.79 Å². The lowest BCUT2D eigenvalue weighted by Gasteiger charge is -2.21. The third-order valence-electron chi connectivity index (χ3n) is 3.25. The van der Waals surface area contributed by atoms with E-state index < -0.39 is 0 Å². The number of carbonyl (C=O) groups is 1. The molecule has 1 rings (SSSR count). The van der Waals surface area contributed by atoms with Crippen LogP contribution in [0.3, 0.4) is 0 Å². The molecule has 0 aliphatic rings. The van der Waals surface area contributed by atoms with Gasteiger partial charge in [0.2, 0.25) is 0 Å². The number of nitrogens with one attached hydrogen (secondary N) is 2. The molecule has 0 atom stereocenters. The Hall–Kier alpha value is -1.56. The largest absolute Gasteiger partial charge is 0.396 e. The molecule has 0 fully saturated rings. The van der Waals surface area contributed by atoms with Gasteiger partial charge in [-0.3, -0.25) is 0 Å². The van der Waals surface area contributed by atoms with E-state index in [2.05, 4.69) is 15.8 Å². The molecule has 1 heterocycles. The van der Waals surface area contributed by atoms with Crippen LogP contribution in [0.5, 0.6) is 0 Å². The number of urea groups is 1. The van der Waals surface area contributed by atoms with Crippen LogP contribution in [0, 0.1) is 12.3 Å². The Bertz CT molecular complexity index is 441. The van der Waals surface area contributed by atoms with E-state index in [1.807, 2.05) is 20.8 Å². The minimum Gasteiger partial charge on any atom is -0.396 e. The number of aliphatic hydroxyl groups is 1. The summed E-state index contributed by atoms with van der Waals surface area (Å²) in [6.07, 6.45) is 2.39. The molecule has 0 aliphatic carbocycles. The monoisotopic (exact) mass is 283 g/mol. The molecule has 6 heteroatoms. The van der Waals surface area contributed by atoms with Gasteiger partial charge in [0, 0.05) is 13.2 Å². The van der Waals surface area contributed by atoms with Crippen molar-refractivity contribution in [1.82, 2.24) is 10.5 Å². The van der Waals surface area contributed by atoms with Crippen LogP contribution >= 0.6 is 0 Å². The Morgan fingerprint density at radius 2 is 2.15 bits per heavy atom. The molecule has 0 aromatic carbocycles. The summed E-state index contributed by atoms with van der Waals surface area (Å²) in [4.78, 5) is 11.8. The average Bonchev–Trinajstić information content (AvgIpc) is 2.76. The molecule has 1 aromatic rings. The normalized spacial score (nSPS) is 11.4. The van der Waals surface area contributed by atoms with Crippen LogP contribution in [0.25, 0.3) is 0 Å². The number of aryl methyl sites for hydroxylation is 2. The number of rotatable bonds is 7. The quantitative estimate of drug-likeness (QED) is 0.671. The van der Waals surface area contributed by atoms with E-state index in [1.54, 1.807) is 6.92 Å². The fourth-order valence-electron chi connectivity index (χ4n) is 1.83. The summed E-state index contributed by atoms with van der Waals surface area (Å²) in [5.74, 6) is 0.610. The lowest BCUT2D eigenvalue weighted by molar-refractivity contribution is 0.148. The van der Waals surface area contributed by atoms with Crippen molar-refractivity contribution < 1.29 is 14.4 Å². The third-order valence-corrected chi connectivity index (χ3v) is 3.25. The van der Waals surface area contributed by atoms with Gasteiger partial charge in [0.1, 0.15) is 11.4 Å². The smallest absolute Gasteiger partial charge is 0.319 e. The maximum atomic E-state index is 11.8. The second kappa shape index (κ2) is 7.28. The van der Waals surface area contributed by atoms with Gasteiger partial charge < -0.3 is 20.3 Å². The molecule has 0 aliphatic heterocycles. The summed E-state index contributed by atoms with van der Waals surface area (Å²) in [6.45, 7) is 8.45. The van der Waals surface area contributed by atoms with Gasteiger partial charge >= 0.3 is 6.03 Å². The van der Waals surface area contributed by atoms with Crippen LogP contribution in [-0.2, 0) is 6.42 Å². The Morgan fingerprint density at radius 1 is 1.45 bits per heavy atom. The van der Waals surface area contributed by atoms with E-state index in [0.29, 0.717) is 24.4 Å². The van der Waals surface area contributed by atoms with Crippen molar-refractivity contribution in [3.8, 4) is 0 Å². The number of amides is 2. The van der Waals surface area contributed by atoms with Gasteiger partial charge in [0.25, 0.3) is 0 Å². The highest BCUT2D eigenvalue weighted by atomic mass is 16.5. The Morgan fingerprint density at radius 3 is 2.75 bits per heavy atom. The summed E-state index contributed by atoms with van der Waals surface area (Å²) in [7, 11) is 0. The predicted molar refractivity (Wildman–Crippen MR) is 77.7 cm³/mol. The van der Waals surface area contributed by atoms with Gasteiger partial charge in [-0.05, 0) is 31.6 Å². The fourth-order valence-corrected chi connectivity index (χ4v) is 1.83. The number of hydrogen-bond acceptors (Lipinski definition) is 4. The lowest BCUT2D eigenvalue weighted by Crippen LogP contribution is -2.31. The molecule has 1 aromatic heterocycles. The summed E-state index contributed by atoms with van der Waals surface area (Å²) in [5, 5.41) is 18.6. The standard InChI is InChI=1S/C14H25N3O3/c1-5-11-12(10(2)20-17-11)16-13(19)15-8-6-7-14(3,4)9-18/h18H,5-9H2,1-4H3,(H2,15,16,19). The third kappa shape index (κ3) is 4.85. The van der Waals surface area contributed by atoms with Crippen molar-refractivity contribution in [2.75, 3.05) is 18.5 Å². The van der Waals surface area contributed by atoms with Crippen LogP contribution in [0.1, 0.15) is 45.1 Å². The van der Waals surface area contributed by atoms with E-state index in [1.165, 1.54) is 0 Å². The second-order valence-corrected chi connectivity index (χ2v) is 5.72. The molecule has 0 bridgehead atoms. The molecule has 20 heavy (non-hydrogen) atoms. The van der Waals surface area contributed by atoms with Crippen LogP contribution < -0.4 is 10.6 Å². The van der Waals surface area contributed by atoms with Gasteiger partial charge in [0.15, 0.2) is 5.76 Å². The number of aromatic nitrogens is 1. The number of carbonyl (C=O) groups excluding carboxylic acids is 1. The topological polar surface area (TPSA) is 87.4 Å². The van der Waals surface area contributed by atoms with Gasteiger partial charge in [0.05, 0.1) is 0 Å². The van der Waals surface area contributed by atoms with E-state index in [9.17, 15) is 4.79 Å². The average molecular weight is 283 g/mol. The van der Waals surface area contributed by atoms with E-state index >= 15 is 0 Å². The maximum Gasteiger partial charge on any atom is 0.319 e. The highest BCUT2D eigenvalue weighted by Crippen LogP contribution is 2.21. The molecule has 0 saturated carbocycles. The number of hydrogen-bond donors (Lipinski definition) is 3. The second-order valence-electron chi connectivity index (χ2n) is 5.72. The molecule has 0 saturated heterocycles. The molecule has 6 nitrogen and oxygen atoms in total. The van der Waals surface area contributed by atoms with Crippen molar-refractivity contribution in [3.05, 3.63) is 11.5 Å². The highest BCUT2D eigenvalue weighted by molar-refractivity contribution is 5.90. The van der Waals surface area contributed by atoms with Crippen molar-refractivity contribution in [1.29, 1.82) is 0 Å². The number of aliphatic hydroxyl groups excluding tert-OH is 1. The Balaban J connectivity index is 2.36. The van der Waals surface area contributed by atoms with Crippen molar-refractivity contribution in [2.24, 2.45) is 5.41 Å². The lowest BCUT2D eigenvalue weighted by atomic mass is 9.89. The maximum absolute atomic E-state index is 11.8. The minimum absolute atomic E-state index is 0.0986. The summed E-state index contributed by atoms with van der Waals surface area (Å²) < 4.78 is 5.05. The molecule has 114 valence electrons. The Labute approximate surface area is 119 Å². The first kappa shape index (κ1) is 16.5. The van der Waals surface area contributed by atoms with Crippen molar-refractivity contribution in [3.63, 3.8) is 0 Å². The molecule has 0 unspecified atom stereocenters. The zero-order valence-corrected chi connectivity index (χ0v) is 12.7. The zero-order chi connectivity index (χ0) is 15.2. The van der Waals surface area contributed by atoms with Crippen molar-refractivity contribution in [2.45, 2.75) is 47.0 Å². The van der Waals surface area contributed by atoms with Gasteiger partial charge in [-0.2, -0.15) is 0 Å². The molecule has 0 radical (unpaired) electrons. The van der Waals surface area contributed by atoms with Crippen LogP contribution in [0.2, 0.25) is 0 Å². The molecule has 3 N–H and O–H groups in total. The summed E-state index contributed by atoms with van der Waals surface area (Å²) >= 11 is 0. The first-order valence-electron chi connectivity index (χ1n) is 7.00. The van der Waals surface area contributed by atoms with Gasteiger partial charge in [-0.1, -0.05) is 25.9 Å². The van der Waals surface area contributed by atoms with E-state index in [-0.39, 0.29) is 18.1 Å².